The molecule has 0 aliphatic carbocycles. The molecular weight excluding hydrogens is 374 g/mol. The maximum absolute atomic E-state index is 12.1. The number of halogens is 2. The van der Waals surface area contributed by atoms with E-state index in [0.717, 1.165) is 15.8 Å². The number of aliphatic hydroxyl groups excluding tert-OH is 1. The molecule has 8 heteroatoms. The molecule has 2 N–H and O–H groups in total. The third-order valence-corrected chi connectivity index (χ3v) is 5.97. The first-order chi connectivity index (χ1) is 8.92. The van der Waals surface area contributed by atoms with Gasteiger partial charge in [0.1, 0.15) is 4.21 Å². The highest BCUT2D eigenvalue weighted by molar-refractivity contribution is 9.10. The number of hydrogen-bond acceptors (Lipinski definition) is 4. The van der Waals surface area contributed by atoms with Gasteiger partial charge >= 0.3 is 0 Å². The van der Waals surface area contributed by atoms with Crippen LogP contribution in [0, 0.1) is 0 Å². The predicted molar refractivity (Wildman–Crippen MR) is 80.2 cm³/mol. The van der Waals surface area contributed by atoms with Crippen molar-refractivity contribution >= 4 is 54.6 Å². The van der Waals surface area contributed by atoms with Crippen LogP contribution in [0.5, 0.6) is 0 Å². The molecule has 1 aromatic heterocycles. The van der Waals surface area contributed by atoms with E-state index in [1.54, 1.807) is 24.3 Å². The van der Waals surface area contributed by atoms with Gasteiger partial charge in [-0.15, -0.1) is 11.3 Å². The van der Waals surface area contributed by atoms with Gasteiger partial charge < -0.3 is 5.11 Å². The first kappa shape index (κ1) is 14.8. The van der Waals surface area contributed by atoms with Crippen LogP contribution in [0.3, 0.4) is 0 Å². The second-order valence-corrected chi connectivity index (χ2v) is 8.01. The summed E-state index contributed by atoms with van der Waals surface area (Å²) in [6.07, 6.45) is 0. The van der Waals surface area contributed by atoms with Crippen molar-refractivity contribution in [1.29, 1.82) is 0 Å². The Kier molecular flexibility index (Phi) is 4.52. The minimum Gasteiger partial charge on any atom is -0.391 e. The highest BCUT2D eigenvalue weighted by atomic mass is 79.9. The Bertz CT molecular complexity index is 700. The molecule has 0 radical (unpaired) electrons. The van der Waals surface area contributed by atoms with Crippen LogP contribution < -0.4 is 4.72 Å². The number of aliphatic hydroxyl groups is 1. The van der Waals surface area contributed by atoms with E-state index in [0.29, 0.717) is 15.6 Å². The normalized spacial score (nSPS) is 11.5. The smallest absolute Gasteiger partial charge is 0.271 e. The van der Waals surface area contributed by atoms with E-state index in [1.807, 2.05) is 0 Å². The molecule has 0 bridgehead atoms. The molecule has 0 atom stereocenters. The van der Waals surface area contributed by atoms with Crippen LogP contribution >= 0.6 is 38.9 Å². The number of nitrogens with one attached hydrogen (secondary N) is 1. The largest absolute Gasteiger partial charge is 0.391 e. The highest BCUT2D eigenvalue weighted by Crippen LogP contribution is 2.29. The monoisotopic (exact) mass is 381 g/mol. The van der Waals surface area contributed by atoms with E-state index < -0.39 is 10.0 Å². The van der Waals surface area contributed by atoms with Crippen molar-refractivity contribution in [2.45, 2.75) is 10.8 Å². The quantitative estimate of drug-likeness (QED) is 0.851. The van der Waals surface area contributed by atoms with Crippen molar-refractivity contribution in [2.75, 3.05) is 4.72 Å². The van der Waals surface area contributed by atoms with Gasteiger partial charge in [-0.2, -0.15) is 0 Å². The van der Waals surface area contributed by atoms with Gasteiger partial charge in [0.2, 0.25) is 0 Å². The molecule has 4 nitrogen and oxygen atoms in total. The van der Waals surface area contributed by atoms with E-state index in [-0.39, 0.29) is 10.8 Å². The Morgan fingerprint density at radius 1 is 1.32 bits per heavy atom. The molecule has 2 rings (SSSR count). The molecular formula is C11H9BrClNO3S2. The first-order valence-corrected chi connectivity index (χ1v) is 8.57. The fraction of sp³-hybridized carbons (Fsp3) is 0.0909. The number of sulfonamides is 1. The molecule has 19 heavy (non-hydrogen) atoms. The second kappa shape index (κ2) is 5.80. The summed E-state index contributed by atoms with van der Waals surface area (Å²) in [4.78, 5) is 0.585. The molecule has 1 aromatic carbocycles. The lowest BCUT2D eigenvalue weighted by Gasteiger charge is -2.08. The summed E-state index contributed by atoms with van der Waals surface area (Å²) in [7, 11) is -3.68. The Balaban J connectivity index is 2.30. The molecule has 0 unspecified atom stereocenters. The van der Waals surface area contributed by atoms with E-state index >= 15 is 0 Å². The fourth-order valence-corrected chi connectivity index (χ4v) is 4.43. The summed E-state index contributed by atoms with van der Waals surface area (Å²) in [6, 6.07) is 7.89. The molecule has 0 saturated heterocycles. The number of thiophene rings is 1. The predicted octanol–water partition coefficient (Wildman–Crippen LogP) is 3.46. The van der Waals surface area contributed by atoms with Gasteiger partial charge in [-0.05, 0) is 30.3 Å². The molecule has 102 valence electrons. The van der Waals surface area contributed by atoms with Crippen LogP contribution in [-0.4, -0.2) is 13.5 Å². The maximum atomic E-state index is 12.1. The van der Waals surface area contributed by atoms with Gasteiger partial charge in [0.05, 0.1) is 17.3 Å². The Morgan fingerprint density at radius 2 is 2.05 bits per heavy atom. The zero-order valence-electron chi connectivity index (χ0n) is 9.43. The third-order valence-electron chi connectivity index (χ3n) is 2.23. The van der Waals surface area contributed by atoms with Gasteiger partial charge in [0.25, 0.3) is 10.0 Å². The van der Waals surface area contributed by atoms with Crippen LogP contribution in [0.4, 0.5) is 5.69 Å². The molecule has 1 heterocycles. The summed E-state index contributed by atoms with van der Waals surface area (Å²) in [5.41, 5.74) is 0.309. The van der Waals surface area contributed by atoms with Crippen LogP contribution in [-0.2, 0) is 16.6 Å². The van der Waals surface area contributed by atoms with E-state index in [4.69, 9.17) is 16.7 Å². The molecule has 0 amide bonds. The lowest BCUT2D eigenvalue weighted by molar-refractivity contribution is 0.285. The van der Waals surface area contributed by atoms with Crippen molar-refractivity contribution in [3.8, 4) is 0 Å². The number of hydrogen-bond donors (Lipinski definition) is 2. The van der Waals surface area contributed by atoms with Crippen molar-refractivity contribution in [3.05, 3.63) is 44.7 Å². The minimum atomic E-state index is -3.68. The SMILES string of the molecule is O=S(=O)(Nc1ccc(Br)cc1Cl)c1ccc(CO)s1. The van der Waals surface area contributed by atoms with E-state index in [2.05, 4.69) is 20.7 Å². The van der Waals surface area contributed by atoms with Gasteiger partial charge in [-0.25, -0.2) is 8.42 Å². The maximum Gasteiger partial charge on any atom is 0.271 e. The van der Waals surface area contributed by atoms with Crippen LogP contribution in [0.15, 0.2) is 39.0 Å². The van der Waals surface area contributed by atoms with Crippen LogP contribution in [0.2, 0.25) is 5.02 Å². The van der Waals surface area contributed by atoms with Crippen molar-refractivity contribution in [1.82, 2.24) is 0 Å². The van der Waals surface area contributed by atoms with E-state index in [9.17, 15) is 8.42 Å². The van der Waals surface area contributed by atoms with Crippen LogP contribution in [0.1, 0.15) is 4.88 Å². The lowest BCUT2D eigenvalue weighted by atomic mass is 10.3. The fourth-order valence-electron chi connectivity index (χ4n) is 1.35. The van der Waals surface area contributed by atoms with Gasteiger partial charge in [-0.3, -0.25) is 4.72 Å². The second-order valence-electron chi connectivity index (χ2n) is 3.61. The Hall–Kier alpha value is -0.600. The van der Waals surface area contributed by atoms with Crippen molar-refractivity contribution in [2.24, 2.45) is 0 Å². The summed E-state index contributed by atoms with van der Waals surface area (Å²) in [6.45, 7) is -0.181. The minimum absolute atomic E-state index is 0.135. The zero-order valence-corrected chi connectivity index (χ0v) is 13.4. The highest BCUT2D eigenvalue weighted by Gasteiger charge is 2.18. The van der Waals surface area contributed by atoms with Crippen LogP contribution in [0.25, 0.3) is 0 Å². The Labute approximate surface area is 128 Å². The average Bonchev–Trinajstić information content (AvgIpc) is 2.82. The number of benzene rings is 1. The van der Waals surface area contributed by atoms with Crippen molar-refractivity contribution in [3.63, 3.8) is 0 Å². The standard InChI is InChI=1S/C11H9BrClNO3S2/c12-7-1-3-10(9(13)5-7)14-19(16,17)11-4-2-8(6-15)18-11/h1-5,14-15H,6H2. The van der Waals surface area contributed by atoms with Gasteiger partial charge in [0, 0.05) is 9.35 Å². The molecule has 0 saturated carbocycles. The molecule has 2 aromatic rings. The topological polar surface area (TPSA) is 66.4 Å². The van der Waals surface area contributed by atoms with E-state index in [1.165, 1.54) is 6.07 Å². The first-order valence-electron chi connectivity index (χ1n) is 5.10. The number of anilines is 1. The number of rotatable bonds is 4. The Morgan fingerprint density at radius 3 is 2.63 bits per heavy atom. The zero-order chi connectivity index (χ0) is 14.0. The summed E-state index contributed by atoms with van der Waals surface area (Å²) < 4.78 is 27.5. The van der Waals surface area contributed by atoms with Crippen molar-refractivity contribution < 1.29 is 13.5 Å². The average molecular weight is 383 g/mol. The van der Waals surface area contributed by atoms with Gasteiger partial charge in [-0.1, -0.05) is 27.5 Å². The third kappa shape index (κ3) is 3.49. The van der Waals surface area contributed by atoms with Gasteiger partial charge in [0.15, 0.2) is 0 Å². The summed E-state index contributed by atoms with van der Waals surface area (Å²) in [5.74, 6) is 0. The molecule has 0 spiro atoms. The molecule has 0 fully saturated rings. The lowest BCUT2D eigenvalue weighted by Crippen LogP contribution is -2.11. The summed E-state index contributed by atoms with van der Waals surface area (Å²) in [5, 5.41) is 9.25. The summed E-state index contributed by atoms with van der Waals surface area (Å²) >= 11 is 10.2. The molecule has 0 aliphatic rings. The molecule has 0 aliphatic heterocycles.